The lowest BCUT2D eigenvalue weighted by molar-refractivity contribution is 0.0596. The van der Waals surface area contributed by atoms with Crippen molar-refractivity contribution in [2.24, 2.45) is 5.41 Å². The van der Waals surface area contributed by atoms with Crippen LogP contribution >= 0.6 is 0 Å². The van der Waals surface area contributed by atoms with Gasteiger partial charge in [0.05, 0.1) is 19.8 Å². The van der Waals surface area contributed by atoms with Crippen molar-refractivity contribution >= 4 is 0 Å². The number of ether oxygens (including phenoxy) is 1. The lowest BCUT2D eigenvalue weighted by Gasteiger charge is -2.29. The van der Waals surface area contributed by atoms with E-state index in [1.807, 2.05) is 11.9 Å². The van der Waals surface area contributed by atoms with E-state index < -0.39 is 0 Å². The lowest BCUT2D eigenvalue weighted by Crippen LogP contribution is -2.40. The Bertz CT molecular complexity index is 146. The summed E-state index contributed by atoms with van der Waals surface area (Å²) in [6.07, 6.45) is 0.916. The summed E-state index contributed by atoms with van der Waals surface area (Å²) in [5.41, 5.74) is -0.0933. The van der Waals surface area contributed by atoms with Crippen LogP contribution in [-0.4, -0.2) is 61.7 Å². The summed E-state index contributed by atoms with van der Waals surface area (Å²) in [4.78, 5) is 2.03. The average Bonchev–Trinajstić information content (AvgIpc) is 2.54. The van der Waals surface area contributed by atoms with Gasteiger partial charge in [-0.15, -0.1) is 0 Å². The van der Waals surface area contributed by atoms with Crippen molar-refractivity contribution in [1.82, 2.24) is 4.90 Å². The quantitative estimate of drug-likeness (QED) is 0.601. The molecule has 0 aromatic rings. The Morgan fingerprint density at radius 3 is 2.69 bits per heavy atom. The first kappa shape index (κ1) is 10.9. The topological polar surface area (TPSA) is 52.9 Å². The molecule has 78 valence electrons. The lowest BCUT2D eigenvalue weighted by atomic mass is 9.88. The van der Waals surface area contributed by atoms with Gasteiger partial charge in [0.2, 0.25) is 0 Å². The molecule has 1 aliphatic heterocycles. The number of hydrogen-bond acceptors (Lipinski definition) is 4. The summed E-state index contributed by atoms with van der Waals surface area (Å²) in [6.45, 7) is 3.17. The van der Waals surface area contributed by atoms with Gasteiger partial charge in [0, 0.05) is 25.1 Å². The first-order valence-corrected chi connectivity index (χ1v) is 4.70. The normalized spacial score (nSPS) is 28.6. The summed E-state index contributed by atoms with van der Waals surface area (Å²) in [5, 5.41) is 18.0. The van der Waals surface area contributed by atoms with E-state index in [1.54, 1.807) is 0 Å². The summed E-state index contributed by atoms with van der Waals surface area (Å²) in [6, 6.07) is 0. The third-order valence-electron chi connectivity index (χ3n) is 2.61. The monoisotopic (exact) mass is 189 g/mol. The summed E-state index contributed by atoms with van der Waals surface area (Å²) < 4.78 is 5.28. The maximum atomic E-state index is 9.26. The molecule has 1 rings (SSSR count). The van der Waals surface area contributed by atoms with Crippen LogP contribution in [0.3, 0.4) is 0 Å². The van der Waals surface area contributed by atoms with E-state index in [4.69, 9.17) is 9.84 Å². The zero-order chi connectivity index (χ0) is 9.73. The van der Waals surface area contributed by atoms with Crippen molar-refractivity contribution < 1.29 is 14.9 Å². The van der Waals surface area contributed by atoms with Crippen LogP contribution in [0.2, 0.25) is 0 Å². The highest BCUT2D eigenvalue weighted by atomic mass is 16.5. The molecule has 4 nitrogen and oxygen atoms in total. The molecular weight excluding hydrogens is 170 g/mol. The molecule has 0 bridgehead atoms. The number of likely N-dealkylation sites (N-methyl/N-ethyl adjacent to an activating group) is 1. The molecule has 0 radical (unpaired) electrons. The van der Waals surface area contributed by atoms with Gasteiger partial charge in [-0.05, 0) is 13.5 Å². The molecule has 0 aliphatic carbocycles. The van der Waals surface area contributed by atoms with Gasteiger partial charge < -0.3 is 19.8 Å². The molecule has 0 amide bonds. The minimum atomic E-state index is -0.0933. The highest BCUT2D eigenvalue weighted by Gasteiger charge is 2.35. The molecule has 0 saturated carbocycles. The van der Waals surface area contributed by atoms with Gasteiger partial charge in [-0.1, -0.05) is 0 Å². The Balaban J connectivity index is 2.38. The van der Waals surface area contributed by atoms with E-state index in [1.165, 1.54) is 0 Å². The molecule has 13 heavy (non-hydrogen) atoms. The van der Waals surface area contributed by atoms with Crippen LogP contribution in [0.25, 0.3) is 0 Å². The molecule has 1 fully saturated rings. The van der Waals surface area contributed by atoms with Crippen LogP contribution in [0.5, 0.6) is 0 Å². The minimum absolute atomic E-state index is 0.0933. The minimum Gasteiger partial charge on any atom is -0.396 e. The van der Waals surface area contributed by atoms with Crippen molar-refractivity contribution in [3.05, 3.63) is 0 Å². The highest BCUT2D eigenvalue weighted by Crippen LogP contribution is 2.28. The standard InChI is InChI=1S/C9H19NO3/c1-10(3-4-11)6-9(7-12)2-5-13-8-9/h11-12H,2-8H2,1H3. The molecular formula is C9H19NO3. The first-order valence-electron chi connectivity index (χ1n) is 4.70. The van der Waals surface area contributed by atoms with Gasteiger partial charge in [-0.2, -0.15) is 0 Å². The van der Waals surface area contributed by atoms with Gasteiger partial charge in [0.1, 0.15) is 0 Å². The maximum Gasteiger partial charge on any atom is 0.0558 e. The molecule has 0 aromatic heterocycles. The molecule has 1 unspecified atom stereocenters. The van der Waals surface area contributed by atoms with Crippen LogP contribution in [0.15, 0.2) is 0 Å². The van der Waals surface area contributed by atoms with E-state index in [-0.39, 0.29) is 18.6 Å². The van der Waals surface area contributed by atoms with Gasteiger partial charge in [0.25, 0.3) is 0 Å². The van der Waals surface area contributed by atoms with Crippen molar-refractivity contribution in [3.8, 4) is 0 Å². The Kier molecular flexibility index (Phi) is 4.12. The second-order valence-electron chi connectivity index (χ2n) is 3.92. The molecule has 4 heteroatoms. The third kappa shape index (κ3) is 2.91. The highest BCUT2D eigenvalue weighted by molar-refractivity contribution is 4.85. The van der Waals surface area contributed by atoms with Crippen LogP contribution in [0.1, 0.15) is 6.42 Å². The van der Waals surface area contributed by atoms with Crippen LogP contribution in [0, 0.1) is 5.41 Å². The van der Waals surface area contributed by atoms with Gasteiger partial charge in [-0.25, -0.2) is 0 Å². The van der Waals surface area contributed by atoms with Crippen molar-refractivity contribution in [2.75, 3.05) is 46.6 Å². The predicted octanol–water partition coefficient (Wildman–Crippen LogP) is -0.690. The molecule has 1 aliphatic rings. The molecule has 1 heterocycles. The second-order valence-corrected chi connectivity index (χ2v) is 3.92. The SMILES string of the molecule is CN(CCO)CC1(CO)CCOC1. The molecule has 1 atom stereocenters. The Morgan fingerprint density at radius 2 is 2.23 bits per heavy atom. The Hall–Kier alpha value is -0.160. The number of aliphatic hydroxyl groups is 2. The Morgan fingerprint density at radius 1 is 1.46 bits per heavy atom. The van der Waals surface area contributed by atoms with Crippen molar-refractivity contribution in [1.29, 1.82) is 0 Å². The second kappa shape index (κ2) is 4.91. The van der Waals surface area contributed by atoms with Gasteiger partial charge in [-0.3, -0.25) is 0 Å². The van der Waals surface area contributed by atoms with E-state index >= 15 is 0 Å². The summed E-state index contributed by atoms with van der Waals surface area (Å²) >= 11 is 0. The molecule has 2 N–H and O–H groups in total. The fraction of sp³-hybridized carbons (Fsp3) is 1.00. The number of nitrogens with zero attached hydrogens (tertiary/aromatic N) is 1. The fourth-order valence-corrected chi connectivity index (χ4v) is 1.77. The summed E-state index contributed by atoms with van der Waals surface area (Å²) in [5.74, 6) is 0. The zero-order valence-corrected chi connectivity index (χ0v) is 8.20. The maximum absolute atomic E-state index is 9.26. The largest absolute Gasteiger partial charge is 0.396 e. The fourth-order valence-electron chi connectivity index (χ4n) is 1.77. The predicted molar refractivity (Wildman–Crippen MR) is 49.5 cm³/mol. The van der Waals surface area contributed by atoms with E-state index in [0.29, 0.717) is 13.2 Å². The van der Waals surface area contributed by atoms with E-state index in [2.05, 4.69) is 0 Å². The van der Waals surface area contributed by atoms with Crippen LogP contribution in [-0.2, 0) is 4.74 Å². The number of aliphatic hydroxyl groups excluding tert-OH is 2. The number of hydrogen-bond donors (Lipinski definition) is 2. The zero-order valence-electron chi connectivity index (χ0n) is 8.20. The molecule has 0 spiro atoms. The van der Waals surface area contributed by atoms with Crippen molar-refractivity contribution in [3.63, 3.8) is 0 Å². The van der Waals surface area contributed by atoms with Gasteiger partial charge >= 0.3 is 0 Å². The third-order valence-corrected chi connectivity index (χ3v) is 2.61. The molecule has 1 saturated heterocycles. The first-order chi connectivity index (χ1) is 6.22. The molecule has 0 aromatic carbocycles. The smallest absolute Gasteiger partial charge is 0.0558 e. The van der Waals surface area contributed by atoms with Crippen LogP contribution < -0.4 is 0 Å². The van der Waals surface area contributed by atoms with Crippen molar-refractivity contribution in [2.45, 2.75) is 6.42 Å². The Labute approximate surface area is 79.1 Å². The van der Waals surface area contributed by atoms with E-state index in [0.717, 1.165) is 19.6 Å². The summed E-state index contributed by atoms with van der Waals surface area (Å²) in [7, 11) is 1.95. The average molecular weight is 189 g/mol. The number of rotatable bonds is 5. The van der Waals surface area contributed by atoms with Crippen LogP contribution in [0.4, 0.5) is 0 Å². The van der Waals surface area contributed by atoms with E-state index in [9.17, 15) is 5.11 Å². The van der Waals surface area contributed by atoms with Gasteiger partial charge in [0.15, 0.2) is 0 Å².